The van der Waals surface area contributed by atoms with Gasteiger partial charge in [0, 0.05) is 12.4 Å². The Hall–Kier alpha value is -2.16. The fraction of sp³-hybridized carbons (Fsp3) is 0.200. The number of aromatic nitrogens is 1. The molecule has 0 aliphatic rings. The van der Waals surface area contributed by atoms with Crippen LogP contribution < -0.4 is 0 Å². The zero-order valence-corrected chi connectivity index (χ0v) is 10.5. The van der Waals surface area contributed by atoms with Gasteiger partial charge in [-0.25, -0.2) is 4.79 Å². The summed E-state index contributed by atoms with van der Waals surface area (Å²) in [7, 11) is 0. The third kappa shape index (κ3) is 2.40. The van der Waals surface area contributed by atoms with E-state index < -0.39 is 0 Å². The summed E-state index contributed by atoms with van der Waals surface area (Å²) in [6.45, 7) is 4.17. The van der Waals surface area contributed by atoms with E-state index >= 15 is 0 Å². The summed E-state index contributed by atoms with van der Waals surface area (Å²) >= 11 is 0. The molecule has 0 radical (unpaired) electrons. The van der Waals surface area contributed by atoms with Crippen molar-refractivity contribution in [3.63, 3.8) is 0 Å². The van der Waals surface area contributed by atoms with Gasteiger partial charge < -0.3 is 4.74 Å². The van der Waals surface area contributed by atoms with Crippen molar-refractivity contribution >= 4 is 5.97 Å². The van der Waals surface area contributed by atoms with E-state index in [1.807, 2.05) is 37.3 Å². The summed E-state index contributed by atoms with van der Waals surface area (Å²) in [5, 5.41) is 0. The van der Waals surface area contributed by atoms with Gasteiger partial charge in [0.05, 0.1) is 12.2 Å². The van der Waals surface area contributed by atoms with Crippen LogP contribution in [-0.2, 0) is 4.74 Å². The molecule has 0 bridgehead atoms. The number of ether oxygens (including phenoxy) is 1. The van der Waals surface area contributed by atoms with Crippen LogP contribution in [0.4, 0.5) is 0 Å². The van der Waals surface area contributed by atoms with E-state index in [0.717, 1.165) is 16.7 Å². The average Bonchev–Trinajstić information content (AvgIpc) is 2.40. The van der Waals surface area contributed by atoms with Crippen molar-refractivity contribution < 1.29 is 9.53 Å². The second-order valence-corrected chi connectivity index (χ2v) is 3.96. The number of aryl methyl sites for hydroxylation is 1. The molecule has 0 unspecified atom stereocenters. The van der Waals surface area contributed by atoms with Crippen LogP contribution in [-0.4, -0.2) is 17.6 Å². The van der Waals surface area contributed by atoms with Gasteiger partial charge in [0.1, 0.15) is 0 Å². The van der Waals surface area contributed by atoms with Crippen LogP contribution >= 0.6 is 0 Å². The maximum atomic E-state index is 11.9. The van der Waals surface area contributed by atoms with Crippen molar-refractivity contribution in [3.8, 4) is 11.1 Å². The minimum atomic E-state index is -0.330. The van der Waals surface area contributed by atoms with Crippen molar-refractivity contribution in [2.24, 2.45) is 0 Å². The van der Waals surface area contributed by atoms with Gasteiger partial charge in [-0.2, -0.15) is 0 Å². The number of rotatable bonds is 3. The average molecular weight is 241 g/mol. The van der Waals surface area contributed by atoms with Gasteiger partial charge in [-0.05, 0) is 36.6 Å². The Morgan fingerprint density at radius 2 is 2.00 bits per heavy atom. The van der Waals surface area contributed by atoms with Crippen LogP contribution in [0, 0.1) is 6.92 Å². The monoisotopic (exact) mass is 241 g/mol. The third-order valence-corrected chi connectivity index (χ3v) is 2.75. The van der Waals surface area contributed by atoms with E-state index in [0.29, 0.717) is 12.2 Å². The zero-order valence-electron chi connectivity index (χ0n) is 10.5. The molecule has 0 saturated heterocycles. The highest BCUT2D eigenvalue weighted by atomic mass is 16.5. The van der Waals surface area contributed by atoms with Crippen molar-refractivity contribution in [2.45, 2.75) is 13.8 Å². The summed E-state index contributed by atoms with van der Waals surface area (Å²) in [6, 6.07) is 9.79. The van der Waals surface area contributed by atoms with Crippen LogP contribution in [0.15, 0.2) is 42.7 Å². The highest BCUT2D eigenvalue weighted by Crippen LogP contribution is 2.26. The lowest BCUT2D eigenvalue weighted by Crippen LogP contribution is -2.07. The normalized spacial score (nSPS) is 10.1. The maximum absolute atomic E-state index is 11.9. The molecule has 0 aliphatic heterocycles. The second-order valence-electron chi connectivity index (χ2n) is 3.96. The summed E-state index contributed by atoms with van der Waals surface area (Å²) in [4.78, 5) is 15.9. The molecule has 1 heterocycles. The summed E-state index contributed by atoms with van der Waals surface area (Å²) < 4.78 is 5.05. The fourth-order valence-corrected chi connectivity index (χ4v) is 1.88. The molecule has 0 fully saturated rings. The van der Waals surface area contributed by atoms with E-state index in [2.05, 4.69) is 4.98 Å². The molecule has 2 rings (SSSR count). The Morgan fingerprint density at radius 3 is 2.72 bits per heavy atom. The molecule has 18 heavy (non-hydrogen) atoms. The molecule has 3 nitrogen and oxygen atoms in total. The Balaban J connectivity index is 2.52. The number of benzene rings is 1. The molecule has 3 heteroatoms. The quantitative estimate of drug-likeness (QED) is 0.774. The predicted octanol–water partition coefficient (Wildman–Crippen LogP) is 3.23. The van der Waals surface area contributed by atoms with Crippen molar-refractivity contribution in [1.82, 2.24) is 4.98 Å². The summed E-state index contributed by atoms with van der Waals surface area (Å²) in [5.41, 5.74) is 3.52. The van der Waals surface area contributed by atoms with Crippen LogP contribution in [0.2, 0.25) is 0 Å². The molecule has 0 atom stereocenters. The van der Waals surface area contributed by atoms with Crippen LogP contribution in [0.1, 0.15) is 22.8 Å². The van der Waals surface area contributed by atoms with E-state index in [9.17, 15) is 4.79 Å². The summed E-state index contributed by atoms with van der Waals surface area (Å²) in [5.74, 6) is -0.330. The zero-order chi connectivity index (χ0) is 13.0. The molecular formula is C15H15NO2. The van der Waals surface area contributed by atoms with Crippen molar-refractivity contribution in [2.75, 3.05) is 6.61 Å². The number of nitrogens with zero attached hydrogens (tertiary/aromatic N) is 1. The van der Waals surface area contributed by atoms with Gasteiger partial charge in [-0.3, -0.25) is 4.98 Å². The predicted molar refractivity (Wildman–Crippen MR) is 70.4 cm³/mol. The fourth-order valence-electron chi connectivity index (χ4n) is 1.88. The van der Waals surface area contributed by atoms with Gasteiger partial charge >= 0.3 is 5.97 Å². The lowest BCUT2D eigenvalue weighted by molar-refractivity contribution is 0.0527. The molecule has 0 amide bonds. The minimum Gasteiger partial charge on any atom is -0.462 e. The molecule has 1 aromatic carbocycles. The van der Waals surface area contributed by atoms with Crippen LogP contribution in [0.25, 0.3) is 11.1 Å². The largest absolute Gasteiger partial charge is 0.462 e. The standard InChI is InChI=1S/C15H15NO2/c1-3-18-15(17)14-10-16-9-8-13(14)12-7-5-4-6-11(12)2/h4-10H,3H2,1-2H3. The Bertz CT molecular complexity index is 564. The Labute approximate surface area is 106 Å². The number of hydrogen-bond acceptors (Lipinski definition) is 3. The smallest absolute Gasteiger partial charge is 0.340 e. The molecule has 92 valence electrons. The molecular weight excluding hydrogens is 226 g/mol. The van der Waals surface area contributed by atoms with Gasteiger partial charge in [0.15, 0.2) is 0 Å². The van der Waals surface area contributed by atoms with E-state index in [4.69, 9.17) is 4.74 Å². The number of carbonyl (C=O) groups excluding carboxylic acids is 1. The van der Waals surface area contributed by atoms with Crippen molar-refractivity contribution in [1.29, 1.82) is 0 Å². The lowest BCUT2D eigenvalue weighted by Gasteiger charge is -2.10. The maximum Gasteiger partial charge on any atom is 0.340 e. The molecule has 0 aliphatic carbocycles. The van der Waals surface area contributed by atoms with E-state index in [1.54, 1.807) is 19.3 Å². The van der Waals surface area contributed by atoms with E-state index in [1.165, 1.54) is 0 Å². The molecule has 2 aromatic rings. The number of carbonyl (C=O) groups is 1. The molecule has 0 spiro atoms. The molecule has 0 saturated carbocycles. The van der Waals surface area contributed by atoms with Crippen molar-refractivity contribution in [3.05, 3.63) is 53.9 Å². The first kappa shape index (κ1) is 12.3. The number of hydrogen-bond donors (Lipinski definition) is 0. The first-order valence-electron chi connectivity index (χ1n) is 5.91. The molecule has 0 N–H and O–H groups in total. The third-order valence-electron chi connectivity index (χ3n) is 2.75. The van der Waals surface area contributed by atoms with Crippen LogP contribution in [0.5, 0.6) is 0 Å². The van der Waals surface area contributed by atoms with Gasteiger partial charge in [-0.15, -0.1) is 0 Å². The first-order valence-corrected chi connectivity index (χ1v) is 5.91. The highest BCUT2D eigenvalue weighted by molar-refractivity contribution is 5.97. The SMILES string of the molecule is CCOC(=O)c1cnccc1-c1ccccc1C. The summed E-state index contributed by atoms with van der Waals surface area (Å²) in [6.07, 6.45) is 3.24. The van der Waals surface area contributed by atoms with Gasteiger partial charge in [0.2, 0.25) is 0 Å². The van der Waals surface area contributed by atoms with Gasteiger partial charge in [-0.1, -0.05) is 24.3 Å². The lowest BCUT2D eigenvalue weighted by atomic mass is 9.98. The number of esters is 1. The Morgan fingerprint density at radius 1 is 1.22 bits per heavy atom. The minimum absolute atomic E-state index is 0.330. The Kier molecular flexibility index (Phi) is 3.72. The first-order chi connectivity index (χ1) is 8.74. The number of pyridine rings is 1. The van der Waals surface area contributed by atoms with E-state index in [-0.39, 0.29) is 5.97 Å². The second kappa shape index (κ2) is 5.45. The highest BCUT2D eigenvalue weighted by Gasteiger charge is 2.14. The van der Waals surface area contributed by atoms with Gasteiger partial charge in [0.25, 0.3) is 0 Å². The van der Waals surface area contributed by atoms with Crippen LogP contribution in [0.3, 0.4) is 0 Å². The molecule has 1 aromatic heterocycles. The topological polar surface area (TPSA) is 39.2 Å².